The van der Waals surface area contributed by atoms with Crippen LogP contribution < -0.4 is 14.8 Å². The molecule has 1 unspecified atom stereocenters. The van der Waals surface area contributed by atoms with Crippen molar-refractivity contribution in [2.24, 2.45) is 4.99 Å². The lowest BCUT2D eigenvalue weighted by Crippen LogP contribution is -2.13. The number of anilines is 1. The van der Waals surface area contributed by atoms with E-state index >= 15 is 0 Å². The molecule has 0 radical (unpaired) electrons. The monoisotopic (exact) mass is 742 g/mol. The molecule has 3 aliphatic rings. The molecule has 5 aromatic rings. The van der Waals surface area contributed by atoms with Gasteiger partial charge in [-0.25, -0.2) is 0 Å². The van der Waals surface area contributed by atoms with E-state index in [1.54, 1.807) is 6.08 Å². The summed E-state index contributed by atoms with van der Waals surface area (Å²) in [5, 5.41) is 3.59. The molecule has 0 aromatic heterocycles. The van der Waals surface area contributed by atoms with Crippen molar-refractivity contribution in [2.45, 2.75) is 74.3 Å². The molecule has 1 atom stereocenters. The van der Waals surface area contributed by atoms with Gasteiger partial charge in [-0.1, -0.05) is 87.0 Å². The molecule has 0 saturated heterocycles. The summed E-state index contributed by atoms with van der Waals surface area (Å²) in [6.45, 7) is 8.31. The lowest BCUT2D eigenvalue weighted by molar-refractivity contribution is -0.119. The minimum absolute atomic E-state index is 0. The zero-order valence-electron chi connectivity index (χ0n) is 31.0. The normalized spacial score (nSPS) is 15.3. The van der Waals surface area contributed by atoms with Crippen LogP contribution in [0.3, 0.4) is 0 Å². The molecule has 1 aliphatic carbocycles. The number of Topliss-reactive ketones (excluding diaryl/α,β-unsaturated/α-hetero) is 2. The summed E-state index contributed by atoms with van der Waals surface area (Å²) in [5.74, 6) is 3.38. The Morgan fingerprint density at radius 2 is 1.25 bits per heavy atom. The number of para-hydroxylation sites is 2. The van der Waals surface area contributed by atoms with Crippen LogP contribution in [0.1, 0.15) is 72.7 Å². The number of hydrogen-bond acceptors (Lipinski definition) is 6. The lowest BCUT2D eigenvalue weighted by Gasteiger charge is -2.20. The molecule has 2 aliphatic heterocycles. The van der Waals surface area contributed by atoms with Crippen LogP contribution in [0.2, 0.25) is 0 Å². The largest absolute Gasteiger partial charge is 0.457 e. The Kier molecular flexibility index (Phi) is 13.3. The van der Waals surface area contributed by atoms with Gasteiger partial charge in [-0.05, 0) is 121 Å². The number of aryl methyl sites for hydroxylation is 4. The molecule has 56 heavy (non-hydrogen) atoms. The Labute approximate surface area is 331 Å². The van der Waals surface area contributed by atoms with Crippen LogP contribution >= 0.6 is 0 Å². The standard InChI is InChI=1S/C24H23NO2.C24H19NO2.2CH4/c2*1-16-11-19-13-20(26)15-24(25-23(19)12-17(16)2)18-7-6-10-22(14-18)27-21-8-4-3-5-9-21;;/h3-12,14,24-25H,13,15H2,1-2H3;3-5,8-12,14H,13,15H2,1-2H3;2*1H4. The first-order chi connectivity index (χ1) is 26.2. The van der Waals surface area contributed by atoms with Gasteiger partial charge in [-0.15, -0.1) is 0 Å². The highest BCUT2D eigenvalue weighted by atomic mass is 16.5. The van der Waals surface area contributed by atoms with Crippen LogP contribution in [0.25, 0.3) is 0 Å². The minimum atomic E-state index is -0.0554. The Morgan fingerprint density at radius 1 is 0.643 bits per heavy atom. The summed E-state index contributed by atoms with van der Waals surface area (Å²) < 4.78 is 11.8. The highest BCUT2D eigenvalue weighted by molar-refractivity contribution is 6.14. The maximum atomic E-state index is 12.5. The van der Waals surface area contributed by atoms with Crippen molar-refractivity contribution in [1.82, 2.24) is 0 Å². The van der Waals surface area contributed by atoms with Gasteiger partial charge in [-0.2, -0.15) is 0 Å². The second-order valence-corrected chi connectivity index (χ2v) is 14.0. The number of allylic oxidation sites excluding steroid dienone is 3. The number of carbonyl (C=O) groups excluding carboxylic acids is 2. The van der Waals surface area contributed by atoms with Crippen LogP contribution in [0.15, 0.2) is 149 Å². The van der Waals surface area contributed by atoms with Gasteiger partial charge < -0.3 is 14.8 Å². The number of nitrogens with zero attached hydrogens (tertiary/aromatic N) is 1. The van der Waals surface area contributed by atoms with Crippen molar-refractivity contribution < 1.29 is 19.1 Å². The fourth-order valence-corrected chi connectivity index (χ4v) is 6.68. The van der Waals surface area contributed by atoms with E-state index in [0.29, 0.717) is 30.7 Å². The van der Waals surface area contributed by atoms with Crippen LogP contribution in [0.4, 0.5) is 11.4 Å². The number of nitrogens with one attached hydrogen (secondary N) is 1. The van der Waals surface area contributed by atoms with Crippen LogP contribution in [0.5, 0.6) is 17.2 Å². The van der Waals surface area contributed by atoms with Crippen LogP contribution in [-0.2, 0) is 22.4 Å². The first-order valence-electron chi connectivity index (χ1n) is 18.2. The molecule has 5 aromatic carbocycles. The Hall–Kier alpha value is -6.45. The number of fused-ring (bicyclic) bond motifs is 2. The molecular formula is C50H50N2O4. The fourth-order valence-electron chi connectivity index (χ4n) is 6.68. The van der Waals surface area contributed by atoms with Crippen molar-refractivity contribution in [3.05, 3.63) is 183 Å². The summed E-state index contributed by atoms with van der Waals surface area (Å²) in [6, 6.07) is 35.6. The van der Waals surface area contributed by atoms with Gasteiger partial charge in [0.2, 0.25) is 0 Å². The van der Waals surface area contributed by atoms with Gasteiger partial charge in [0.05, 0.1) is 29.4 Å². The first-order valence-corrected chi connectivity index (χ1v) is 18.2. The molecule has 6 heteroatoms. The third kappa shape index (κ3) is 9.99. The number of ketones is 2. The average molecular weight is 743 g/mol. The maximum absolute atomic E-state index is 12.5. The molecule has 8 rings (SSSR count). The summed E-state index contributed by atoms with van der Waals surface area (Å²) in [4.78, 5) is 29.8. The fraction of sp³-hybridized carbons (Fsp3) is 0.220. The van der Waals surface area contributed by atoms with E-state index in [-0.39, 0.29) is 38.9 Å². The average Bonchev–Trinajstić information content (AvgIpc) is 3.43. The highest BCUT2D eigenvalue weighted by Crippen LogP contribution is 2.34. The van der Waals surface area contributed by atoms with E-state index in [1.807, 2.05) is 84.9 Å². The quantitative estimate of drug-likeness (QED) is 0.175. The van der Waals surface area contributed by atoms with E-state index in [9.17, 15) is 9.59 Å². The maximum Gasteiger partial charge on any atom is 0.143 e. The zero-order chi connectivity index (χ0) is 37.6. The van der Waals surface area contributed by atoms with Gasteiger partial charge in [0.15, 0.2) is 0 Å². The van der Waals surface area contributed by atoms with Crippen molar-refractivity contribution in [3.63, 3.8) is 0 Å². The Bertz CT molecular complexity index is 2410. The number of carbonyl (C=O) groups is 2. The van der Waals surface area contributed by atoms with E-state index in [1.165, 1.54) is 22.3 Å². The zero-order valence-corrected chi connectivity index (χ0v) is 31.0. The number of aliphatic imine (C=N–C) groups is 1. The molecule has 0 saturated carbocycles. The van der Waals surface area contributed by atoms with Gasteiger partial charge in [0, 0.05) is 31.0 Å². The van der Waals surface area contributed by atoms with E-state index in [2.05, 4.69) is 74.8 Å². The topological polar surface area (TPSA) is 77.0 Å². The SMILES string of the molecule is C.C.Cc1cc2c(cc1C)N=C(C1=C=C=CC(Oc3ccccc3)=C1)CC(=O)C2.Cc1cc2c(cc1C)NC(c1cccc(Oc3ccccc3)c1)CC(=O)C2. The summed E-state index contributed by atoms with van der Waals surface area (Å²) in [5.41, 5.74) is 17.4. The third-order valence-electron chi connectivity index (χ3n) is 9.81. The molecule has 284 valence electrons. The molecule has 0 spiro atoms. The Morgan fingerprint density at radius 3 is 1.96 bits per heavy atom. The molecule has 2 heterocycles. The van der Waals surface area contributed by atoms with Gasteiger partial charge in [-0.3, -0.25) is 14.6 Å². The second-order valence-electron chi connectivity index (χ2n) is 14.0. The highest BCUT2D eigenvalue weighted by Gasteiger charge is 2.24. The predicted molar refractivity (Wildman–Crippen MR) is 229 cm³/mol. The molecular weight excluding hydrogens is 693 g/mol. The van der Waals surface area contributed by atoms with Gasteiger partial charge in [0.25, 0.3) is 0 Å². The number of rotatable bonds is 6. The Balaban J connectivity index is 0.000000207. The third-order valence-corrected chi connectivity index (χ3v) is 9.81. The van der Waals surface area contributed by atoms with Crippen LogP contribution in [-0.4, -0.2) is 17.3 Å². The van der Waals surface area contributed by atoms with E-state index < -0.39 is 0 Å². The number of ether oxygens (including phenoxy) is 2. The molecule has 0 amide bonds. The van der Waals surface area contributed by atoms with E-state index in [4.69, 9.17) is 14.5 Å². The second kappa shape index (κ2) is 18.3. The molecule has 0 fully saturated rings. The molecule has 0 bridgehead atoms. The van der Waals surface area contributed by atoms with E-state index in [0.717, 1.165) is 50.9 Å². The molecule has 1 N–H and O–H groups in total. The first kappa shape index (κ1) is 40.7. The summed E-state index contributed by atoms with van der Waals surface area (Å²) >= 11 is 0. The van der Waals surface area contributed by atoms with Crippen molar-refractivity contribution in [1.29, 1.82) is 0 Å². The van der Waals surface area contributed by atoms with Crippen molar-refractivity contribution in [3.8, 4) is 17.2 Å². The minimum Gasteiger partial charge on any atom is -0.457 e. The van der Waals surface area contributed by atoms with Crippen LogP contribution in [0, 0.1) is 27.7 Å². The molecule has 6 nitrogen and oxygen atoms in total. The predicted octanol–water partition coefficient (Wildman–Crippen LogP) is 12.1. The summed E-state index contributed by atoms with van der Waals surface area (Å²) in [6.07, 6.45) is 5.25. The smallest absolute Gasteiger partial charge is 0.143 e. The van der Waals surface area contributed by atoms with Crippen molar-refractivity contribution >= 4 is 28.7 Å². The van der Waals surface area contributed by atoms with Crippen molar-refractivity contribution in [2.75, 3.05) is 5.32 Å². The number of hydrogen-bond donors (Lipinski definition) is 1. The van der Waals surface area contributed by atoms with Gasteiger partial charge in [0.1, 0.15) is 34.6 Å². The van der Waals surface area contributed by atoms with Gasteiger partial charge >= 0.3 is 0 Å². The lowest BCUT2D eigenvalue weighted by atomic mass is 9.99. The summed E-state index contributed by atoms with van der Waals surface area (Å²) in [7, 11) is 0. The number of benzene rings is 5.